The molecule has 156 valence electrons. The van der Waals surface area contributed by atoms with Gasteiger partial charge in [-0.1, -0.05) is 28.1 Å². The van der Waals surface area contributed by atoms with E-state index in [1.807, 2.05) is 6.07 Å². The number of hydrogen-bond acceptors (Lipinski definition) is 8. The number of likely N-dealkylation sites (N-methyl/N-ethyl adjacent to an activating group) is 1. The van der Waals surface area contributed by atoms with E-state index in [0.29, 0.717) is 11.3 Å². The SMILES string of the molecule is CN1CCc2c(Br)cc(Nc3nnc(C(N)=O)c(Nc4ccccc4C#N)n3)cc2C1. The molecule has 1 aliphatic heterocycles. The fraction of sp³-hybridized carbons (Fsp3) is 0.190. The van der Waals surface area contributed by atoms with E-state index in [9.17, 15) is 10.1 Å². The number of nitrogens with two attached hydrogens (primary N) is 1. The Balaban J connectivity index is 1.67. The van der Waals surface area contributed by atoms with Crippen LogP contribution in [-0.4, -0.2) is 39.6 Å². The van der Waals surface area contributed by atoms with Gasteiger partial charge in [-0.25, -0.2) is 0 Å². The number of aromatic nitrogens is 3. The number of primary amides is 1. The van der Waals surface area contributed by atoms with Crippen molar-refractivity contribution in [1.29, 1.82) is 5.26 Å². The fourth-order valence-electron chi connectivity index (χ4n) is 3.44. The molecule has 31 heavy (non-hydrogen) atoms. The second-order valence-corrected chi connectivity index (χ2v) is 8.04. The molecule has 0 radical (unpaired) electrons. The lowest BCUT2D eigenvalue weighted by Gasteiger charge is -2.26. The molecule has 0 saturated carbocycles. The first-order valence-electron chi connectivity index (χ1n) is 9.52. The number of hydrogen-bond donors (Lipinski definition) is 3. The molecule has 10 heteroatoms. The molecule has 4 rings (SSSR count). The van der Waals surface area contributed by atoms with Crippen molar-refractivity contribution < 1.29 is 4.79 Å². The monoisotopic (exact) mass is 478 g/mol. The average Bonchev–Trinajstić information content (AvgIpc) is 2.74. The van der Waals surface area contributed by atoms with Crippen LogP contribution in [0.15, 0.2) is 40.9 Å². The average molecular weight is 479 g/mol. The second kappa shape index (κ2) is 8.67. The van der Waals surface area contributed by atoms with E-state index in [1.54, 1.807) is 24.3 Å². The van der Waals surface area contributed by atoms with Gasteiger partial charge >= 0.3 is 0 Å². The number of carbonyl (C=O) groups is 1. The fourth-order valence-corrected chi connectivity index (χ4v) is 4.14. The number of halogens is 1. The number of nitrogens with zero attached hydrogens (tertiary/aromatic N) is 5. The van der Waals surface area contributed by atoms with Crippen LogP contribution in [0.2, 0.25) is 0 Å². The molecule has 2 heterocycles. The summed E-state index contributed by atoms with van der Waals surface area (Å²) in [4.78, 5) is 18.5. The smallest absolute Gasteiger partial charge is 0.273 e. The van der Waals surface area contributed by atoms with E-state index in [0.717, 1.165) is 29.7 Å². The Labute approximate surface area is 187 Å². The van der Waals surface area contributed by atoms with Crippen LogP contribution in [0.4, 0.5) is 23.1 Å². The minimum absolute atomic E-state index is 0.115. The number of rotatable bonds is 5. The van der Waals surface area contributed by atoms with Gasteiger partial charge in [0.25, 0.3) is 5.91 Å². The minimum atomic E-state index is -0.775. The first-order chi connectivity index (χ1) is 14.9. The molecule has 4 N–H and O–H groups in total. The van der Waals surface area contributed by atoms with Gasteiger partial charge in [0, 0.05) is 23.2 Å². The number of para-hydroxylation sites is 1. The molecule has 0 fully saturated rings. The Morgan fingerprint density at radius 2 is 2.06 bits per heavy atom. The molecule has 0 unspecified atom stereocenters. The summed E-state index contributed by atoms with van der Waals surface area (Å²) in [6.45, 7) is 1.86. The number of anilines is 4. The first-order valence-corrected chi connectivity index (χ1v) is 10.3. The highest BCUT2D eigenvalue weighted by atomic mass is 79.9. The summed E-state index contributed by atoms with van der Waals surface area (Å²) in [5.74, 6) is -0.467. The van der Waals surface area contributed by atoms with Gasteiger partial charge < -0.3 is 21.3 Å². The summed E-state index contributed by atoms with van der Waals surface area (Å²) >= 11 is 3.65. The van der Waals surface area contributed by atoms with Crippen molar-refractivity contribution in [3.63, 3.8) is 0 Å². The highest BCUT2D eigenvalue weighted by Gasteiger charge is 2.19. The summed E-state index contributed by atoms with van der Waals surface area (Å²) in [6.07, 6.45) is 0.977. The Bertz CT molecular complexity index is 1210. The van der Waals surface area contributed by atoms with E-state index < -0.39 is 5.91 Å². The van der Waals surface area contributed by atoms with Gasteiger partial charge in [-0.2, -0.15) is 10.2 Å². The van der Waals surface area contributed by atoms with Gasteiger partial charge in [-0.3, -0.25) is 4.79 Å². The van der Waals surface area contributed by atoms with Crippen molar-refractivity contribution >= 4 is 45.0 Å². The van der Waals surface area contributed by atoms with E-state index in [1.165, 1.54) is 11.1 Å². The van der Waals surface area contributed by atoms with Crippen molar-refractivity contribution in [1.82, 2.24) is 20.1 Å². The topological polar surface area (TPSA) is 133 Å². The number of fused-ring (bicyclic) bond motifs is 1. The van der Waals surface area contributed by atoms with E-state index in [4.69, 9.17) is 5.73 Å². The summed E-state index contributed by atoms with van der Waals surface area (Å²) in [6, 6.07) is 13.0. The summed E-state index contributed by atoms with van der Waals surface area (Å²) < 4.78 is 1.02. The number of amides is 1. The molecule has 1 aromatic heterocycles. The molecule has 9 nitrogen and oxygen atoms in total. The largest absolute Gasteiger partial charge is 0.364 e. The minimum Gasteiger partial charge on any atom is -0.364 e. The van der Waals surface area contributed by atoms with Crippen LogP contribution >= 0.6 is 15.9 Å². The number of nitrogens with one attached hydrogen (secondary N) is 2. The molecule has 0 saturated heterocycles. The maximum atomic E-state index is 11.8. The van der Waals surface area contributed by atoms with Crippen LogP contribution in [0.3, 0.4) is 0 Å². The zero-order valence-electron chi connectivity index (χ0n) is 16.7. The molecule has 0 spiro atoms. The summed E-state index contributed by atoms with van der Waals surface area (Å²) in [5.41, 5.74) is 9.50. The van der Waals surface area contributed by atoms with Gasteiger partial charge in [0.2, 0.25) is 5.95 Å². The van der Waals surface area contributed by atoms with E-state index >= 15 is 0 Å². The number of nitriles is 1. The molecule has 0 bridgehead atoms. The van der Waals surface area contributed by atoms with E-state index in [-0.39, 0.29) is 17.5 Å². The zero-order valence-corrected chi connectivity index (χ0v) is 18.3. The van der Waals surface area contributed by atoms with Gasteiger partial charge in [0.05, 0.1) is 11.3 Å². The number of benzene rings is 2. The van der Waals surface area contributed by atoms with Crippen molar-refractivity contribution in [3.05, 3.63) is 63.3 Å². The van der Waals surface area contributed by atoms with Crippen molar-refractivity contribution in [3.8, 4) is 6.07 Å². The maximum absolute atomic E-state index is 11.8. The quantitative estimate of drug-likeness (QED) is 0.509. The lowest BCUT2D eigenvalue weighted by atomic mass is 9.99. The highest BCUT2D eigenvalue weighted by molar-refractivity contribution is 9.10. The van der Waals surface area contributed by atoms with Crippen molar-refractivity contribution in [2.75, 3.05) is 24.2 Å². The summed E-state index contributed by atoms with van der Waals surface area (Å²) in [7, 11) is 2.09. The Morgan fingerprint density at radius 1 is 1.26 bits per heavy atom. The molecule has 2 aromatic carbocycles. The van der Waals surface area contributed by atoms with E-state index in [2.05, 4.69) is 65.8 Å². The molecule has 0 aliphatic carbocycles. The van der Waals surface area contributed by atoms with Crippen LogP contribution in [-0.2, 0) is 13.0 Å². The number of carbonyl (C=O) groups excluding carboxylic acids is 1. The third-order valence-electron chi connectivity index (χ3n) is 4.95. The second-order valence-electron chi connectivity index (χ2n) is 7.19. The molecular formula is C21H19BrN8O. The van der Waals surface area contributed by atoms with Gasteiger partial charge in [0.15, 0.2) is 11.5 Å². The first kappa shape index (κ1) is 20.7. The zero-order chi connectivity index (χ0) is 22.0. The predicted molar refractivity (Wildman–Crippen MR) is 120 cm³/mol. The molecule has 1 amide bonds. The third kappa shape index (κ3) is 4.47. The van der Waals surface area contributed by atoms with Crippen LogP contribution in [0.1, 0.15) is 27.2 Å². The van der Waals surface area contributed by atoms with Crippen LogP contribution < -0.4 is 16.4 Å². The van der Waals surface area contributed by atoms with Crippen molar-refractivity contribution in [2.45, 2.75) is 13.0 Å². The lowest BCUT2D eigenvalue weighted by Crippen LogP contribution is -2.26. The van der Waals surface area contributed by atoms with Gasteiger partial charge in [-0.05, 0) is 48.9 Å². The molecule has 0 atom stereocenters. The molecule has 1 aliphatic rings. The Hall–Kier alpha value is -3.55. The van der Waals surface area contributed by atoms with Crippen LogP contribution in [0.5, 0.6) is 0 Å². The maximum Gasteiger partial charge on any atom is 0.273 e. The Kier molecular flexibility index (Phi) is 5.79. The van der Waals surface area contributed by atoms with Gasteiger partial charge in [-0.15, -0.1) is 10.2 Å². The highest BCUT2D eigenvalue weighted by Crippen LogP contribution is 2.31. The summed E-state index contributed by atoms with van der Waals surface area (Å²) in [5, 5.41) is 23.4. The standard InChI is InChI=1S/C21H19BrN8O/c1-30-7-6-15-13(11-30)8-14(9-16(15)22)25-21-27-20(18(19(24)31)28-29-21)26-17-5-3-2-4-12(17)10-23/h2-5,8-9H,6-7,11H2,1H3,(H2,24,31)(H2,25,26,27,29). The van der Waals surface area contributed by atoms with Crippen LogP contribution in [0, 0.1) is 11.3 Å². The lowest BCUT2D eigenvalue weighted by molar-refractivity contribution is 0.0995. The third-order valence-corrected chi connectivity index (χ3v) is 5.66. The van der Waals surface area contributed by atoms with Crippen LogP contribution in [0.25, 0.3) is 0 Å². The van der Waals surface area contributed by atoms with Crippen molar-refractivity contribution in [2.24, 2.45) is 5.73 Å². The molecular weight excluding hydrogens is 460 g/mol. The Morgan fingerprint density at radius 3 is 2.84 bits per heavy atom. The normalized spacial score (nSPS) is 13.2. The predicted octanol–water partition coefficient (Wildman–Crippen LogP) is 3.08. The molecule has 3 aromatic rings. The van der Waals surface area contributed by atoms with Gasteiger partial charge in [0.1, 0.15) is 6.07 Å².